The second-order valence-electron chi connectivity index (χ2n) is 2.70. The second-order valence-corrected chi connectivity index (χ2v) is 3.78. The zero-order valence-corrected chi connectivity index (χ0v) is 7.73. The van der Waals surface area contributed by atoms with Crippen LogP contribution < -0.4 is 0 Å². The Kier molecular flexibility index (Phi) is 1.92. The van der Waals surface area contributed by atoms with Gasteiger partial charge in [0, 0.05) is 10.1 Å². The van der Waals surface area contributed by atoms with Crippen LogP contribution in [0.15, 0.2) is 18.2 Å². The SMILES string of the molecule is N#Cc1cc2c(C#N)cc(F)cc2s1. The van der Waals surface area contributed by atoms with Crippen LogP contribution in [0.3, 0.4) is 0 Å². The lowest BCUT2D eigenvalue weighted by atomic mass is 10.1. The lowest BCUT2D eigenvalue weighted by Crippen LogP contribution is -1.78. The molecule has 0 saturated carbocycles. The van der Waals surface area contributed by atoms with E-state index < -0.39 is 5.82 Å². The maximum absolute atomic E-state index is 13.0. The highest BCUT2D eigenvalue weighted by Crippen LogP contribution is 2.28. The van der Waals surface area contributed by atoms with Gasteiger partial charge in [0.25, 0.3) is 0 Å². The summed E-state index contributed by atoms with van der Waals surface area (Å²) in [5, 5.41) is 18.1. The van der Waals surface area contributed by atoms with E-state index in [4.69, 9.17) is 10.5 Å². The van der Waals surface area contributed by atoms with Gasteiger partial charge in [-0.3, -0.25) is 0 Å². The third-order valence-electron chi connectivity index (χ3n) is 1.83. The summed E-state index contributed by atoms with van der Waals surface area (Å²) in [6, 6.07) is 8.00. The van der Waals surface area contributed by atoms with E-state index in [-0.39, 0.29) is 5.56 Å². The Morgan fingerprint density at radius 3 is 2.57 bits per heavy atom. The Morgan fingerprint density at radius 1 is 1.14 bits per heavy atom. The highest BCUT2D eigenvalue weighted by molar-refractivity contribution is 7.19. The largest absolute Gasteiger partial charge is 0.207 e. The van der Waals surface area contributed by atoms with Crippen molar-refractivity contribution in [2.45, 2.75) is 0 Å². The molecular formula is C10H3FN2S. The number of benzene rings is 1. The van der Waals surface area contributed by atoms with E-state index in [1.165, 1.54) is 23.5 Å². The van der Waals surface area contributed by atoms with E-state index in [0.29, 0.717) is 15.0 Å². The molecule has 4 heteroatoms. The zero-order chi connectivity index (χ0) is 10.1. The minimum atomic E-state index is -0.444. The van der Waals surface area contributed by atoms with Crippen molar-refractivity contribution >= 4 is 21.4 Å². The van der Waals surface area contributed by atoms with E-state index >= 15 is 0 Å². The molecule has 0 saturated heterocycles. The number of thiophene rings is 1. The average molecular weight is 202 g/mol. The van der Waals surface area contributed by atoms with E-state index in [0.717, 1.165) is 0 Å². The molecule has 66 valence electrons. The first-order valence-corrected chi connectivity index (χ1v) is 4.59. The molecule has 14 heavy (non-hydrogen) atoms. The molecule has 2 aromatic rings. The Balaban J connectivity index is 2.88. The van der Waals surface area contributed by atoms with Crippen molar-refractivity contribution in [2.24, 2.45) is 0 Å². The minimum Gasteiger partial charge on any atom is -0.207 e. The number of halogens is 1. The predicted octanol–water partition coefficient (Wildman–Crippen LogP) is 2.78. The van der Waals surface area contributed by atoms with Crippen LogP contribution in [0.1, 0.15) is 10.4 Å². The van der Waals surface area contributed by atoms with Gasteiger partial charge in [0.05, 0.1) is 11.6 Å². The van der Waals surface area contributed by atoms with Crippen LogP contribution in [0.5, 0.6) is 0 Å². The van der Waals surface area contributed by atoms with E-state index in [9.17, 15) is 4.39 Å². The van der Waals surface area contributed by atoms with Crippen LogP contribution in [0.25, 0.3) is 10.1 Å². The molecule has 1 aromatic carbocycles. The summed E-state index contributed by atoms with van der Waals surface area (Å²) in [5.74, 6) is -0.444. The van der Waals surface area contributed by atoms with Crippen LogP contribution in [-0.2, 0) is 0 Å². The first-order valence-electron chi connectivity index (χ1n) is 3.78. The van der Waals surface area contributed by atoms with Gasteiger partial charge >= 0.3 is 0 Å². The molecule has 0 aliphatic heterocycles. The highest BCUT2D eigenvalue weighted by atomic mass is 32.1. The third-order valence-corrected chi connectivity index (χ3v) is 2.82. The summed E-state index contributed by atoms with van der Waals surface area (Å²) in [5.41, 5.74) is 0.276. The normalized spacial score (nSPS) is 9.64. The molecule has 0 radical (unpaired) electrons. The van der Waals surface area contributed by atoms with Gasteiger partial charge in [0.15, 0.2) is 0 Å². The van der Waals surface area contributed by atoms with Gasteiger partial charge in [-0.1, -0.05) is 0 Å². The smallest absolute Gasteiger partial charge is 0.125 e. The van der Waals surface area contributed by atoms with Gasteiger partial charge in [0.2, 0.25) is 0 Å². The maximum Gasteiger partial charge on any atom is 0.125 e. The molecule has 1 aromatic heterocycles. The molecule has 0 aliphatic rings. The molecule has 1 heterocycles. The summed E-state index contributed by atoms with van der Waals surface area (Å²) in [7, 11) is 0. The van der Waals surface area contributed by atoms with Crippen molar-refractivity contribution in [1.29, 1.82) is 10.5 Å². The first-order chi connectivity index (χ1) is 6.74. The number of rotatable bonds is 0. The van der Waals surface area contributed by atoms with Crippen LogP contribution in [-0.4, -0.2) is 0 Å². The Morgan fingerprint density at radius 2 is 1.93 bits per heavy atom. The number of hydrogen-bond acceptors (Lipinski definition) is 3. The van der Waals surface area contributed by atoms with E-state index in [2.05, 4.69) is 0 Å². The molecule has 0 spiro atoms. The molecular weight excluding hydrogens is 199 g/mol. The fourth-order valence-electron chi connectivity index (χ4n) is 1.25. The minimum absolute atomic E-state index is 0.276. The van der Waals surface area contributed by atoms with E-state index in [1.54, 1.807) is 6.07 Å². The van der Waals surface area contributed by atoms with Crippen molar-refractivity contribution in [2.75, 3.05) is 0 Å². The highest BCUT2D eigenvalue weighted by Gasteiger charge is 2.07. The fraction of sp³-hybridized carbons (Fsp3) is 0. The van der Waals surface area contributed by atoms with E-state index in [1.807, 2.05) is 12.1 Å². The Hall–Kier alpha value is -1.91. The van der Waals surface area contributed by atoms with Crippen molar-refractivity contribution in [3.8, 4) is 12.1 Å². The topological polar surface area (TPSA) is 47.6 Å². The Bertz CT molecular complexity index is 586. The monoisotopic (exact) mass is 202 g/mol. The summed E-state index contributed by atoms with van der Waals surface area (Å²) < 4.78 is 13.6. The van der Waals surface area contributed by atoms with Crippen molar-refractivity contribution in [3.05, 3.63) is 34.5 Å². The van der Waals surface area contributed by atoms with Crippen LogP contribution in [0.4, 0.5) is 4.39 Å². The lowest BCUT2D eigenvalue weighted by molar-refractivity contribution is 0.629. The van der Waals surface area contributed by atoms with Crippen LogP contribution in [0, 0.1) is 28.5 Å². The molecule has 2 nitrogen and oxygen atoms in total. The predicted molar refractivity (Wildman–Crippen MR) is 51.2 cm³/mol. The molecule has 0 aliphatic carbocycles. The maximum atomic E-state index is 13.0. The third kappa shape index (κ3) is 1.22. The Labute approximate surface area is 83.4 Å². The molecule has 0 bridgehead atoms. The fourth-order valence-corrected chi connectivity index (χ4v) is 2.16. The molecule has 0 unspecified atom stereocenters. The molecule has 0 fully saturated rings. The van der Waals surface area contributed by atoms with Crippen molar-refractivity contribution < 1.29 is 4.39 Å². The molecule has 0 N–H and O–H groups in total. The molecule has 0 atom stereocenters. The van der Waals surface area contributed by atoms with Crippen molar-refractivity contribution in [1.82, 2.24) is 0 Å². The van der Waals surface area contributed by atoms with Gasteiger partial charge in [-0.05, 0) is 18.2 Å². The van der Waals surface area contributed by atoms with Gasteiger partial charge in [0.1, 0.15) is 16.8 Å². The van der Waals surface area contributed by atoms with Crippen LogP contribution in [0.2, 0.25) is 0 Å². The second kappa shape index (κ2) is 3.10. The standard InChI is InChI=1S/C10H3FN2S/c11-7-1-6(4-12)9-3-8(5-13)14-10(9)2-7/h1-3H. The summed E-state index contributed by atoms with van der Waals surface area (Å²) >= 11 is 1.19. The van der Waals surface area contributed by atoms with Crippen molar-refractivity contribution in [3.63, 3.8) is 0 Å². The van der Waals surface area contributed by atoms with Gasteiger partial charge in [-0.15, -0.1) is 11.3 Å². The molecule has 0 amide bonds. The van der Waals surface area contributed by atoms with Crippen LogP contribution >= 0.6 is 11.3 Å². The average Bonchev–Trinajstić information content (AvgIpc) is 2.59. The first kappa shape index (κ1) is 8.68. The number of fused-ring (bicyclic) bond motifs is 1. The quantitative estimate of drug-likeness (QED) is 0.659. The number of nitrogens with zero attached hydrogens (tertiary/aromatic N) is 2. The lowest BCUT2D eigenvalue weighted by Gasteiger charge is -1.92. The van der Waals surface area contributed by atoms with Gasteiger partial charge in [-0.2, -0.15) is 10.5 Å². The molecule has 2 rings (SSSR count). The zero-order valence-electron chi connectivity index (χ0n) is 6.91. The number of hydrogen-bond donors (Lipinski definition) is 0. The summed E-state index contributed by atoms with van der Waals surface area (Å²) in [6.07, 6.45) is 0. The number of nitriles is 2. The summed E-state index contributed by atoms with van der Waals surface area (Å²) in [6.45, 7) is 0. The van der Waals surface area contributed by atoms with Gasteiger partial charge in [-0.25, -0.2) is 4.39 Å². The summed E-state index contributed by atoms with van der Waals surface area (Å²) in [4.78, 5) is 0.488. The van der Waals surface area contributed by atoms with Gasteiger partial charge < -0.3 is 0 Å².